The molecular formula is C16H21F3N2O3. The van der Waals surface area contributed by atoms with Crippen LogP contribution in [0.1, 0.15) is 45.9 Å². The van der Waals surface area contributed by atoms with Crippen molar-refractivity contribution in [3.05, 3.63) is 18.2 Å². The van der Waals surface area contributed by atoms with Crippen LogP contribution in [0.2, 0.25) is 0 Å². The van der Waals surface area contributed by atoms with Crippen LogP contribution in [0, 0.1) is 11.8 Å². The molecule has 0 atom stereocenters. The molecule has 1 heterocycles. The minimum atomic E-state index is -4.55. The van der Waals surface area contributed by atoms with E-state index in [2.05, 4.69) is 9.97 Å². The summed E-state index contributed by atoms with van der Waals surface area (Å²) in [5.74, 6) is -0.630. The zero-order valence-electron chi connectivity index (χ0n) is 13.9. The topological polar surface area (TPSA) is 61.3 Å². The predicted molar refractivity (Wildman–Crippen MR) is 79.2 cm³/mol. The van der Waals surface area contributed by atoms with Crippen molar-refractivity contribution in [1.82, 2.24) is 9.97 Å². The number of aromatic nitrogens is 2. The molecule has 1 aromatic rings. The second kappa shape index (κ2) is 6.94. The molecule has 0 N–H and O–H groups in total. The average molecular weight is 346 g/mol. The summed E-state index contributed by atoms with van der Waals surface area (Å²) in [4.78, 5) is 18.2. The lowest BCUT2D eigenvalue weighted by Gasteiger charge is -2.35. The van der Waals surface area contributed by atoms with E-state index in [-0.39, 0.29) is 23.6 Å². The van der Waals surface area contributed by atoms with E-state index < -0.39 is 17.6 Å². The van der Waals surface area contributed by atoms with Gasteiger partial charge in [-0.05, 0) is 45.4 Å². The van der Waals surface area contributed by atoms with Gasteiger partial charge < -0.3 is 9.47 Å². The lowest BCUT2D eigenvalue weighted by atomic mass is 9.74. The Labute approximate surface area is 138 Å². The highest BCUT2D eigenvalue weighted by Gasteiger charge is 2.35. The molecule has 2 rings (SSSR count). The van der Waals surface area contributed by atoms with Crippen molar-refractivity contribution in [2.24, 2.45) is 11.8 Å². The SMILES string of the molecule is CC(C)(C)OC(=O)CC1CC(COc2cnc(C(F)(F)F)nc2)C1. The van der Waals surface area contributed by atoms with E-state index in [1.807, 2.05) is 20.8 Å². The molecule has 0 amide bonds. The fourth-order valence-corrected chi connectivity index (χ4v) is 2.55. The maximum absolute atomic E-state index is 12.3. The van der Waals surface area contributed by atoms with E-state index in [9.17, 15) is 18.0 Å². The number of carbonyl (C=O) groups is 1. The number of rotatable bonds is 5. The van der Waals surface area contributed by atoms with E-state index in [4.69, 9.17) is 9.47 Å². The normalized spacial score (nSPS) is 21.1. The Kier molecular flexibility index (Phi) is 5.35. The summed E-state index contributed by atoms with van der Waals surface area (Å²) in [5, 5.41) is 0. The summed E-state index contributed by atoms with van der Waals surface area (Å²) in [6, 6.07) is 0. The first-order valence-corrected chi connectivity index (χ1v) is 7.77. The number of esters is 1. The molecule has 134 valence electrons. The number of nitrogens with zero attached hydrogens (tertiary/aromatic N) is 2. The zero-order chi connectivity index (χ0) is 18.0. The van der Waals surface area contributed by atoms with Gasteiger partial charge in [0.1, 0.15) is 5.60 Å². The molecule has 0 bridgehead atoms. The van der Waals surface area contributed by atoms with Gasteiger partial charge >= 0.3 is 12.1 Å². The fourth-order valence-electron chi connectivity index (χ4n) is 2.55. The molecule has 1 aromatic heterocycles. The third kappa shape index (κ3) is 5.65. The Balaban J connectivity index is 1.68. The molecule has 1 aliphatic carbocycles. The zero-order valence-corrected chi connectivity index (χ0v) is 13.9. The van der Waals surface area contributed by atoms with Crippen molar-refractivity contribution < 1.29 is 27.4 Å². The van der Waals surface area contributed by atoms with E-state index in [0.717, 1.165) is 25.2 Å². The standard InChI is InChI=1S/C16H21F3N2O3/c1-15(2,3)24-13(22)6-10-4-11(5-10)9-23-12-7-20-14(21-8-12)16(17,18)19/h7-8,10-11H,4-6,9H2,1-3H3. The van der Waals surface area contributed by atoms with Crippen LogP contribution in [0.25, 0.3) is 0 Å². The van der Waals surface area contributed by atoms with Gasteiger partial charge in [0.2, 0.25) is 5.82 Å². The Morgan fingerprint density at radius 2 is 1.75 bits per heavy atom. The number of halogens is 3. The largest absolute Gasteiger partial charge is 0.490 e. The number of alkyl halides is 3. The molecule has 5 nitrogen and oxygen atoms in total. The van der Waals surface area contributed by atoms with Crippen LogP contribution >= 0.6 is 0 Å². The van der Waals surface area contributed by atoms with Crippen LogP contribution in [0.4, 0.5) is 13.2 Å². The molecule has 0 saturated heterocycles. The third-order valence-electron chi connectivity index (χ3n) is 3.58. The molecule has 0 aliphatic heterocycles. The Morgan fingerprint density at radius 1 is 1.17 bits per heavy atom. The second-order valence-corrected chi connectivity index (χ2v) is 7.05. The van der Waals surface area contributed by atoms with Gasteiger partial charge in [-0.1, -0.05) is 0 Å². The van der Waals surface area contributed by atoms with Gasteiger partial charge in [0, 0.05) is 6.42 Å². The summed E-state index contributed by atoms with van der Waals surface area (Å²) in [6.07, 6.45) is -0.459. The van der Waals surface area contributed by atoms with Crippen molar-refractivity contribution in [1.29, 1.82) is 0 Å². The van der Waals surface area contributed by atoms with E-state index >= 15 is 0 Å². The first-order valence-electron chi connectivity index (χ1n) is 7.77. The molecule has 0 spiro atoms. The van der Waals surface area contributed by atoms with E-state index in [0.29, 0.717) is 13.0 Å². The maximum atomic E-state index is 12.3. The first kappa shape index (κ1) is 18.5. The summed E-state index contributed by atoms with van der Waals surface area (Å²) in [7, 11) is 0. The van der Waals surface area contributed by atoms with Crippen LogP contribution in [0.15, 0.2) is 12.4 Å². The van der Waals surface area contributed by atoms with Crippen LogP contribution < -0.4 is 4.74 Å². The van der Waals surface area contributed by atoms with Gasteiger partial charge in [-0.15, -0.1) is 0 Å². The Hall–Kier alpha value is -1.86. The van der Waals surface area contributed by atoms with Gasteiger partial charge in [-0.3, -0.25) is 4.79 Å². The smallest absolute Gasteiger partial charge is 0.451 e. The summed E-state index contributed by atoms with van der Waals surface area (Å²) in [5.41, 5.74) is -0.480. The van der Waals surface area contributed by atoms with Crippen LogP contribution in [0.5, 0.6) is 5.75 Å². The highest BCUT2D eigenvalue weighted by atomic mass is 19.4. The van der Waals surface area contributed by atoms with Crippen molar-refractivity contribution >= 4 is 5.97 Å². The minimum absolute atomic E-state index is 0.206. The van der Waals surface area contributed by atoms with E-state index in [1.54, 1.807) is 0 Å². The third-order valence-corrected chi connectivity index (χ3v) is 3.58. The fraction of sp³-hybridized carbons (Fsp3) is 0.688. The lowest BCUT2D eigenvalue weighted by Crippen LogP contribution is -2.32. The van der Waals surface area contributed by atoms with Crippen molar-refractivity contribution in [3.8, 4) is 5.75 Å². The Morgan fingerprint density at radius 3 is 2.25 bits per heavy atom. The first-order chi connectivity index (χ1) is 11.0. The number of hydrogen-bond acceptors (Lipinski definition) is 5. The number of carbonyl (C=O) groups excluding carboxylic acids is 1. The monoisotopic (exact) mass is 346 g/mol. The molecular weight excluding hydrogens is 325 g/mol. The molecule has 0 aromatic carbocycles. The minimum Gasteiger partial charge on any atom is -0.490 e. The molecule has 1 saturated carbocycles. The summed E-state index contributed by atoms with van der Waals surface area (Å²) in [6.45, 7) is 5.86. The molecule has 1 fully saturated rings. The van der Waals surface area contributed by atoms with Gasteiger partial charge in [0.25, 0.3) is 0 Å². The second-order valence-electron chi connectivity index (χ2n) is 7.05. The van der Waals surface area contributed by atoms with Crippen molar-refractivity contribution in [3.63, 3.8) is 0 Å². The Bertz CT molecular complexity index is 561. The van der Waals surface area contributed by atoms with Crippen LogP contribution in [0.3, 0.4) is 0 Å². The molecule has 0 radical (unpaired) electrons. The molecule has 1 aliphatic rings. The number of ether oxygens (including phenoxy) is 2. The highest BCUT2D eigenvalue weighted by Crippen LogP contribution is 2.37. The molecule has 8 heteroatoms. The van der Waals surface area contributed by atoms with E-state index in [1.165, 1.54) is 0 Å². The van der Waals surface area contributed by atoms with Gasteiger partial charge in [0.15, 0.2) is 5.75 Å². The average Bonchev–Trinajstić information content (AvgIpc) is 2.38. The number of hydrogen-bond donors (Lipinski definition) is 0. The molecule has 0 unspecified atom stereocenters. The summed E-state index contributed by atoms with van der Waals surface area (Å²) < 4.78 is 47.7. The summed E-state index contributed by atoms with van der Waals surface area (Å²) >= 11 is 0. The van der Waals surface area contributed by atoms with Crippen LogP contribution in [-0.2, 0) is 15.7 Å². The van der Waals surface area contributed by atoms with Gasteiger partial charge in [0.05, 0.1) is 19.0 Å². The van der Waals surface area contributed by atoms with Crippen molar-refractivity contribution in [2.45, 2.75) is 51.8 Å². The van der Waals surface area contributed by atoms with Gasteiger partial charge in [-0.25, -0.2) is 9.97 Å². The van der Waals surface area contributed by atoms with Crippen molar-refractivity contribution in [2.75, 3.05) is 6.61 Å². The maximum Gasteiger partial charge on any atom is 0.451 e. The van der Waals surface area contributed by atoms with Crippen LogP contribution in [-0.4, -0.2) is 28.1 Å². The highest BCUT2D eigenvalue weighted by molar-refractivity contribution is 5.70. The quantitative estimate of drug-likeness (QED) is 0.762. The lowest BCUT2D eigenvalue weighted by molar-refractivity contribution is -0.157. The predicted octanol–water partition coefficient (Wildman–Crippen LogP) is 3.63. The molecule has 24 heavy (non-hydrogen) atoms. The van der Waals surface area contributed by atoms with Gasteiger partial charge in [-0.2, -0.15) is 13.2 Å².